The highest BCUT2D eigenvalue weighted by atomic mass is 16.3. The Bertz CT molecular complexity index is 2100. The van der Waals surface area contributed by atoms with E-state index in [1.54, 1.807) is 76.2 Å². The lowest BCUT2D eigenvalue weighted by molar-refractivity contribution is -0.121. The molecule has 19 heteroatoms. The van der Waals surface area contributed by atoms with Gasteiger partial charge < -0.3 is 36.4 Å². The second-order valence-electron chi connectivity index (χ2n) is 33.4. The summed E-state index contributed by atoms with van der Waals surface area (Å²) in [5.74, 6) is 9.61. The number of hydrogen-bond donors (Lipinski definition) is 7. The summed E-state index contributed by atoms with van der Waals surface area (Å²) >= 11 is 0. The van der Waals surface area contributed by atoms with Crippen molar-refractivity contribution in [3.8, 4) is 0 Å². The molecular weight excluding hydrogens is 1340 g/mol. The molecule has 7 N–H and O–H groups in total. The topological polar surface area (TPSA) is 322 Å². The first-order valence-corrected chi connectivity index (χ1v) is 40.8. The van der Waals surface area contributed by atoms with Crippen molar-refractivity contribution in [3.05, 3.63) is 0 Å². The predicted molar refractivity (Wildman–Crippen MR) is 426 cm³/mol. The molecule has 9 aliphatic carbocycles. The highest BCUT2D eigenvalue weighted by molar-refractivity contribution is 5.84. The zero-order chi connectivity index (χ0) is 78.8. The van der Waals surface area contributed by atoms with Gasteiger partial charge in [-0.25, -0.2) is 0 Å². The summed E-state index contributed by atoms with van der Waals surface area (Å²) in [6, 6.07) is 0.208. The van der Waals surface area contributed by atoms with Crippen molar-refractivity contribution < 1.29 is 78.0 Å². The van der Waals surface area contributed by atoms with Crippen LogP contribution in [-0.4, -0.2) is 152 Å². The summed E-state index contributed by atoms with van der Waals surface area (Å²) in [4.78, 5) is 128. The predicted octanol–water partition coefficient (Wildman–Crippen LogP) is 15.0. The number of aliphatic hydroxyl groups excluding tert-OH is 4. The minimum absolute atomic E-state index is 0. The molecule has 12 aliphatic rings. The standard InChI is InChI=1S/2C8H14O.2C7H13NO.3C7H12O2.4C7H12O.C6H11NO2.2CH4/c2*1-6-3-4-8(5-6)7(2)9;2*1-5-3-7(6(2)9)8-4-5;3*1-5(8)6-2-3-7(9)4-6;4*1-6(8)7-4-2-3-5-7;1-4(8)6-2-5(9)3-7-6;;/h2*6,8H,3-5H2,1-2H3;2*5,7-8H,3-4H2,1-2H3;3*6-7,9H,2-4H2,1H3;4*7H,2-5H2,1H3;5-7,9H,2-3H2,1H3;2*1H4/t6-,8?;6-,8+;5-,7?;5-,7-;6?,7-;2*6-,7+;;;;;5-,6?;;/m0000010....0../s1. The van der Waals surface area contributed by atoms with Gasteiger partial charge in [-0.3, -0.25) is 57.5 Å². The number of Topliss-reactive ketones (excluding diaryl/α,β-unsaturated/α-hetero) is 12. The van der Waals surface area contributed by atoms with Gasteiger partial charge in [0.2, 0.25) is 0 Å². The van der Waals surface area contributed by atoms with Crippen LogP contribution in [-0.2, 0) is 57.5 Å². The molecular formula is C87H157N3O16. The van der Waals surface area contributed by atoms with E-state index < -0.39 is 0 Å². The van der Waals surface area contributed by atoms with Gasteiger partial charge in [0.15, 0.2) is 0 Å². The van der Waals surface area contributed by atoms with Gasteiger partial charge >= 0.3 is 0 Å². The Morgan fingerprint density at radius 3 is 0.500 bits per heavy atom. The highest BCUT2D eigenvalue weighted by Crippen LogP contribution is 2.33. The molecule has 3 heterocycles. The van der Waals surface area contributed by atoms with E-state index in [-0.39, 0.29) is 110 Å². The summed E-state index contributed by atoms with van der Waals surface area (Å²) in [5, 5.41) is 45.1. The van der Waals surface area contributed by atoms with Crippen LogP contribution in [0.3, 0.4) is 0 Å². The number of nitrogens with one attached hydrogen (secondary N) is 3. The Labute approximate surface area is 643 Å². The number of ketones is 12. The van der Waals surface area contributed by atoms with Gasteiger partial charge in [-0.1, -0.05) is 93.9 Å². The van der Waals surface area contributed by atoms with Gasteiger partial charge in [-0.2, -0.15) is 0 Å². The minimum Gasteiger partial charge on any atom is -0.393 e. The quantitative estimate of drug-likeness (QED) is 0.0954. The van der Waals surface area contributed by atoms with Crippen LogP contribution in [0, 0.1) is 76.9 Å². The van der Waals surface area contributed by atoms with E-state index in [1.165, 1.54) is 71.1 Å². The van der Waals surface area contributed by atoms with Gasteiger partial charge in [0.05, 0.1) is 42.5 Å². The number of hydrogen-bond acceptors (Lipinski definition) is 19. The van der Waals surface area contributed by atoms with Gasteiger partial charge in [0, 0.05) is 59.8 Å². The molecule has 3 saturated heterocycles. The van der Waals surface area contributed by atoms with Gasteiger partial charge in [0.1, 0.15) is 69.4 Å². The summed E-state index contributed by atoms with van der Waals surface area (Å²) in [6.45, 7) is 31.2. The molecule has 0 aromatic carbocycles. The van der Waals surface area contributed by atoms with E-state index >= 15 is 0 Å². The molecule has 616 valence electrons. The van der Waals surface area contributed by atoms with Crippen molar-refractivity contribution >= 4 is 69.4 Å². The second kappa shape index (κ2) is 57.8. The van der Waals surface area contributed by atoms with Crippen LogP contribution in [0.1, 0.15) is 344 Å². The normalized spacial score (nSPS) is 30.2. The van der Waals surface area contributed by atoms with Crippen molar-refractivity contribution in [2.75, 3.05) is 19.6 Å². The summed E-state index contributed by atoms with van der Waals surface area (Å²) in [5.41, 5.74) is 0. The molecule has 3 aliphatic heterocycles. The van der Waals surface area contributed by atoms with E-state index in [4.69, 9.17) is 20.4 Å². The molecule has 12 fully saturated rings. The first-order chi connectivity index (χ1) is 48.8. The Morgan fingerprint density at radius 2 is 0.406 bits per heavy atom. The number of rotatable bonds is 12. The van der Waals surface area contributed by atoms with Crippen LogP contribution in [0.5, 0.6) is 0 Å². The molecule has 106 heavy (non-hydrogen) atoms. The van der Waals surface area contributed by atoms with Crippen LogP contribution >= 0.6 is 0 Å². The van der Waals surface area contributed by atoms with E-state index in [1.807, 2.05) is 0 Å². The summed E-state index contributed by atoms with van der Waals surface area (Å²) < 4.78 is 0. The Kier molecular flexibility index (Phi) is 56.6. The van der Waals surface area contributed by atoms with Crippen LogP contribution in [0.4, 0.5) is 0 Å². The Morgan fingerprint density at radius 1 is 0.208 bits per heavy atom. The lowest BCUT2D eigenvalue weighted by atomic mass is 10.0. The van der Waals surface area contributed by atoms with E-state index in [0.717, 1.165) is 153 Å². The molecule has 16 atom stereocenters. The molecule has 0 amide bonds. The summed E-state index contributed by atoms with van der Waals surface area (Å²) in [7, 11) is 0. The zero-order valence-electron chi connectivity index (χ0n) is 67.9. The Balaban J connectivity index is 0. The van der Waals surface area contributed by atoms with E-state index in [9.17, 15) is 57.5 Å². The average Bonchev–Trinajstić information content (AvgIpc) is 1.83. The third kappa shape index (κ3) is 47.1. The molecule has 12 rings (SSSR count). The SMILES string of the molecule is C.C.CC(=O)C1CCCC1.CC(=O)C1CCCC1.CC(=O)C1CCCC1.CC(=O)C1CCCC1.CC(=O)C1CC[C@H](C)C1.CC(=O)C1CC[C@H](O)C1.CC(=O)C1C[C@H](C)CN1.CC(=O)C1C[C@H](O)CN1.CC(=O)[C@@H]1CC[C@H](C)C1.CC(=O)[C@@H]1CC[C@H](O)C1.CC(=O)[C@@H]1C[C@H](C)CN1.CC(=O)[C@H]1CC[C@@H](O)C1. The van der Waals surface area contributed by atoms with Crippen molar-refractivity contribution in [2.45, 2.75) is 386 Å². The molecule has 19 nitrogen and oxygen atoms in total. The fourth-order valence-corrected chi connectivity index (χ4v) is 15.9. The average molecular weight is 1500 g/mol. The first-order valence-electron chi connectivity index (χ1n) is 40.8. The molecule has 4 unspecified atom stereocenters. The first kappa shape index (κ1) is 104. The third-order valence-corrected chi connectivity index (χ3v) is 23.5. The number of β-amino-alcohol motifs (C(OH)–C–C–N with tert-alkyl or cyclic N) is 1. The maximum absolute atomic E-state index is 10.8. The van der Waals surface area contributed by atoms with Crippen LogP contribution in [0.15, 0.2) is 0 Å². The zero-order valence-corrected chi connectivity index (χ0v) is 67.9. The van der Waals surface area contributed by atoms with Crippen molar-refractivity contribution in [3.63, 3.8) is 0 Å². The summed E-state index contributed by atoms with van der Waals surface area (Å²) in [6.07, 6.45) is 35.2. The van der Waals surface area contributed by atoms with E-state index in [2.05, 4.69) is 43.6 Å². The number of carbonyl (C=O) groups is 12. The van der Waals surface area contributed by atoms with E-state index in [0.29, 0.717) is 114 Å². The lowest BCUT2D eigenvalue weighted by Crippen LogP contribution is -2.28. The molecule has 0 radical (unpaired) electrons. The Hall–Kier alpha value is -4.24. The lowest BCUT2D eigenvalue weighted by Gasteiger charge is -2.02. The fourth-order valence-electron chi connectivity index (χ4n) is 15.9. The second-order valence-corrected chi connectivity index (χ2v) is 33.4. The van der Waals surface area contributed by atoms with Gasteiger partial charge in [-0.15, -0.1) is 0 Å². The molecule has 0 aromatic heterocycles. The molecule has 0 bridgehead atoms. The van der Waals surface area contributed by atoms with Crippen LogP contribution in [0.25, 0.3) is 0 Å². The van der Waals surface area contributed by atoms with Gasteiger partial charge in [-0.05, 0) is 287 Å². The van der Waals surface area contributed by atoms with Crippen LogP contribution < -0.4 is 16.0 Å². The van der Waals surface area contributed by atoms with Crippen molar-refractivity contribution in [1.82, 2.24) is 16.0 Å². The largest absolute Gasteiger partial charge is 0.393 e. The van der Waals surface area contributed by atoms with Crippen molar-refractivity contribution in [2.24, 2.45) is 76.9 Å². The van der Waals surface area contributed by atoms with Gasteiger partial charge in [0.25, 0.3) is 0 Å². The molecule has 0 aromatic rings. The number of aliphatic hydroxyl groups is 4. The minimum atomic E-state index is -0.320. The highest BCUT2D eigenvalue weighted by Gasteiger charge is 2.31. The fraction of sp³-hybridized carbons (Fsp3) is 0.862. The molecule has 0 spiro atoms. The van der Waals surface area contributed by atoms with Crippen LogP contribution in [0.2, 0.25) is 0 Å². The maximum atomic E-state index is 10.8. The number of carbonyl (C=O) groups excluding carboxylic acids is 12. The van der Waals surface area contributed by atoms with Crippen molar-refractivity contribution in [1.29, 1.82) is 0 Å². The molecule has 9 saturated carbocycles. The smallest absolute Gasteiger partial charge is 0.146 e. The maximum Gasteiger partial charge on any atom is 0.146 e. The monoisotopic (exact) mass is 1500 g/mol. The third-order valence-electron chi connectivity index (χ3n) is 23.5.